The van der Waals surface area contributed by atoms with Crippen molar-refractivity contribution in [1.29, 1.82) is 0 Å². The van der Waals surface area contributed by atoms with E-state index in [9.17, 15) is 4.79 Å². The van der Waals surface area contributed by atoms with Gasteiger partial charge < -0.3 is 5.32 Å². The van der Waals surface area contributed by atoms with Gasteiger partial charge in [0.05, 0.1) is 0 Å². The third-order valence-electron chi connectivity index (χ3n) is 3.45. The number of carbonyl (C=O) groups is 1. The van der Waals surface area contributed by atoms with Gasteiger partial charge in [-0.1, -0.05) is 58.3 Å². The van der Waals surface area contributed by atoms with Crippen LogP contribution in [0.1, 0.15) is 84.0 Å². The number of hydrogen-bond donors (Lipinski definition) is 1. The van der Waals surface area contributed by atoms with Gasteiger partial charge in [-0.3, -0.25) is 4.79 Å². The zero-order chi connectivity index (χ0) is 12.3. The van der Waals surface area contributed by atoms with Crippen LogP contribution in [0.4, 0.5) is 0 Å². The highest BCUT2D eigenvalue weighted by Crippen LogP contribution is 2.19. The molecule has 0 bridgehead atoms. The predicted molar refractivity (Wildman–Crippen MR) is 73.0 cm³/mol. The minimum Gasteiger partial charge on any atom is -0.353 e. The second kappa shape index (κ2) is 9.49. The van der Waals surface area contributed by atoms with Gasteiger partial charge >= 0.3 is 0 Å². The third-order valence-corrected chi connectivity index (χ3v) is 3.45. The van der Waals surface area contributed by atoms with Crippen molar-refractivity contribution < 1.29 is 4.79 Å². The molecule has 1 aliphatic carbocycles. The molecule has 0 heterocycles. The Kier molecular flexibility index (Phi) is 8.12. The van der Waals surface area contributed by atoms with Crippen molar-refractivity contribution in [1.82, 2.24) is 5.32 Å². The van der Waals surface area contributed by atoms with Gasteiger partial charge in [0.25, 0.3) is 0 Å². The Hall–Kier alpha value is -0.530. The van der Waals surface area contributed by atoms with E-state index in [-0.39, 0.29) is 5.91 Å². The summed E-state index contributed by atoms with van der Waals surface area (Å²) >= 11 is 0. The van der Waals surface area contributed by atoms with E-state index in [2.05, 4.69) is 12.2 Å². The minimum absolute atomic E-state index is 0.274. The largest absolute Gasteiger partial charge is 0.353 e. The van der Waals surface area contributed by atoms with Crippen molar-refractivity contribution in [2.75, 3.05) is 0 Å². The Morgan fingerprint density at radius 2 is 1.47 bits per heavy atom. The maximum Gasteiger partial charge on any atom is 0.220 e. The number of amides is 1. The first kappa shape index (κ1) is 14.5. The van der Waals surface area contributed by atoms with Crippen molar-refractivity contribution in [3.8, 4) is 0 Å². The fourth-order valence-corrected chi connectivity index (χ4v) is 2.12. The third kappa shape index (κ3) is 9.20. The van der Waals surface area contributed by atoms with Crippen LogP contribution in [0.2, 0.25) is 0 Å². The Balaban J connectivity index is 1.73. The van der Waals surface area contributed by atoms with Crippen LogP contribution < -0.4 is 5.32 Å². The number of rotatable bonds is 11. The standard InChI is InChI=1S/C15H29NO/c1-2-3-4-5-6-7-8-9-10-11-15(17)16-14-12-13-14/h14H,2-13H2,1H3,(H,16,17). The van der Waals surface area contributed by atoms with E-state index in [0.29, 0.717) is 6.04 Å². The molecular formula is C15H29NO. The van der Waals surface area contributed by atoms with Gasteiger partial charge in [-0.2, -0.15) is 0 Å². The van der Waals surface area contributed by atoms with Gasteiger partial charge in [0.2, 0.25) is 5.91 Å². The first-order valence-electron chi connectivity index (χ1n) is 7.62. The van der Waals surface area contributed by atoms with Crippen LogP contribution in [-0.2, 0) is 4.79 Å². The highest BCUT2D eigenvalue weighted by Gasteiger charge is 2.22. The van der Waals surface area contributed by atoms with Gasteiger partial charge in [-0.25, -0.2) is 0 Å². The van der Waals surface area contributed by atoms with Crippen molar-refractivity contribution in [3.05, 3.63) is 0 Å². The van der Waals surface area contributed by atoms with E-state index in [1.165, 1.54) is 64.2 Å². The average Bonchev–Trinajstić information content (AvgIpc) is 3.11. The van der Waals surface area contributed by atoms with E-state index in [0.717, 1.165) is 12.8 Å². The monoisotopic (exact) mass is 239 g/mol. The van der Waals surface area contributed by atoms with Gasteiger partial charge in [0, 0.05) is 12.5 Å². The maximum absolute atomic E-state index is 11.4. The molecule has 0 aromatic heterocycles. The summed E-state index contributed by atoms with van der Waals surface area (Å²) in [6.07, 6.45) is 15.0. The molecule has 1 aliphatic rings. The van der Waals surface area contributed by atoms with E-state index in [4.69, 9.17) is 0 Å². The lowest BCUT2D eigenvalue weighted by atomic mass is 10.1. The van der Waals surface area contributed by atoms with Crippen LogP contribution in [0, 0.1) is 0 Å². The number of hydrogen-bond acceptors (Lipinski definition) is 1. The van der Waals surface area contributed by atoms with E-state index in [1.807, 2.05) is 0 Å². The number of carbonyl (C=O) groups excluding carboxylic acids is 1. The smallest absolute Gasteiger partial charge is 0.220 e. The molecule has 17 heavy (non-hydrogen) atoms. The summed E-state index contributed by atoms with van der Waals surface area (Å²) in [6.45, 7) is 2.26. The van der Waals surface area contributed by atoms with E-state index < -0.39 is 0 Å². The van der Waals surface area contributed by atoms with Gasteiger partial charge in [0.15, 0.2) is 0 Å². The molecule has 100 valence electrons. The molecule has 0 aromatic carbocycles. The van der Waals surface area contributed by atoms with E-state index >= 15 is 0 Å². The van der Waals surface area contributed by atoms with Gasteiger partial charge in [-0.15, -0.1) is 0 Å². The fraction of sp³-hybridized carbons (Fsp3) is 0.933. The van der Waals surface area contributed by atoms with Crippen molar-refractivity contribution in [2.45, 2.75) is 90.0 Å². The van der Waals surface area contributed by atoms with Crippen LogP contribution in [-0.4, -0.2) is 11.9 Å². The second-order valence-corrected chi connectivity index (χ2v) is 5.42. The summed E-state index contributed by atoms with van der Waals surface area (Å²) in [4.78, 5) is 11.4. The molecule has 0 unspecified atom stereocenters. The SMILES string of the molecule is CCCCCCCCCCCC(=O)NC1CC1. The van der Waals surface area contributed by atoms with Crippen LogP contribution in [0.15, 0.2) is 0 Å². The molecular weight excluding hydrogens is 210 g/mol. The molecule has 0 radical (unpaired) electrons. The first-order valence-corrected chi connectivity index (χ1v) is 7.62. The van der Waals surface area contributed by atoms with E-state index in [1.54, 1.807) is 0 Å². The van der Waals surface area contributed by atoms with Crippen molar-refractivity contribution in [2.24, 2.45) is 0 Å². The normalized spacial score (nSPS) is 14.9. The molecule has 1 rings (SSSR count). The Labute approximate surface area is 107 Å². The Morgan fingerprint density at radius 1 is 0.941 bits per heavy atom. The summed E-state index contributed by atoms with van der Waals surface area (Å²) in [5.41, 5.74) is 0. The molecule has 1 saturated carbocycles. The quantitative estimate of drug-likeness (QED) is 0.538. The summed E-state index contributed by atoms with van der Waals surface area (Å²) < 4.78 is 0. The topological polar surface area (TPSA) is 29.1 Å². The fourth-order valence-electron chi connectivity index (χ4n) is 2.12. The summed E-state index contributed by atoms with van der Waals surface area (Å²) in [5.74, 6) is 0.274. The zero-order valence-electron chi connectivity index (χ0n) is 11.5. The number of unbranched alkanes of at least 4 members (excludes halogenated alkanes) is 8. The van der Waals surface area contributed by atoms with Crippen LogP contribution in [0.3, 0.4) is 0 Å². The molecule has 0 aliphatic heterocycles. The molecule has 0 atom stereocenters. The Bertz CT molecular complexity index is 199. The van der Waals surface area contributed by atoms with Crippen LogP contribution >= 0.6 is 0 Å². The lowest BCUT2D eigenvalue weighted by Crippen LogP contribution is -2.24. The van der Waals surface area contributed by atoms with Crippen LogP contribution in [0.5, 0.6) is 0 Å². The molecule has 1 amide bonds. The zero-order valence-corrected chi connectivity index (χ0v) is 11.5. The highest BCUT2D eigenvalue weighted by atomic mass is 16.1. The average molecular weight is 239 g/mol. The maximum atomic E-state index is 11.4. The molecule has 1 fully saturated rings. The molecule has 1 N–H and O–H groups in total. The lowest BCUT2D eigenvalue weighted by molar-refractivity contribution is -0.121. The summed E-state index contributed by atoms with van der Waals surface area (Å²) in [7, 11) is 0. The summed E-state index contributed by atoms with van der Waals surface area (Å²) in [5, 5.41) is 3.04. The Morgan fingerprint density at radius 3 is 2.00 bits per heavy atom. The van der Waals surface area contributed by atoms with Gasteiger partial charge in [0.1, 0.15) is 0 Å². The molecule has 0 spiro atoms. The van der Waals surface area contributed by atoms with Gasteiger partial charge in [-0.05, 0) is 19.3 Å². The second-order valence-electron chi connectivity index (χ2n) is 5.42. The van der Waals surface area contributed by atoms with Crippen molar-refractivity contribution >= 4 is 5.91 Å². The number of nitrogens with one attached hydrogen (secondary N) is 1. The predicted octanol–water partition coefficient (Wildman–Crippen LogP) is 4.19. The van der Waals surface area contributed by atoms with Crippen molar-refractivity contribution in [3.63, 3.8) is 0 Å². The lowest BCUT2D eigenvalue weighted by Gasteiger charge is -2.03. The molecule has 0 saturated heterocycles. The molecule has 2 nitrogen and oxygen atoms in total. The summed E-state index contributed by atoms with van der Waals surface area (Å²) in [6, 6.07) is 0.529. The highest BCUT2D eigenvalue weighted by molar-refractivity contribution is 5.76. The first-order chi connectivity index (χ1) is 8.33. The minimum atomic E-state index is 0.274. The molecule has 0 aromatic rings. The van der Waals surface area contributed by atoms with Crippen LogP contribution in [0.25, 0.3) is 0 Å². The molecule has 2 heteroatoms.